The fourth-order valence-corrected chi connectivity index (χ4v) is 6.75. The molecule has 0 fully saturated rings. The standard InChI is InChI=1S/C34H36N4O4S2/c1-15-21(7-9-31(39)40)27-14-28-22(8-10-32(41)42)16(2)24(36-28)12-29-34(20(6)44)18(4)26(38-29)13-30-33(19(5)43)17(3)25(37-30)11-23(15)35-27/h11-14,19,37-38,43-44H,6-10H2,1-5H3,(H,39,40)(H,41,42)/t19-/m1/s1. The van der Waals surface area contributed by atoms with Gasteiger partial charge in [-0.15, -0.1) is 12.6 Å². The van der Waals surface area contributed by atoms with Crippen LogP contribution in [0.2, 0.25) is 0 Å². The number of hydrogen-bond donors (Lipinski definition) is 6. The van der Waals surface area contributed by atoms with Crippen LogP contribution in [-0.4, -0.2) is 42.1 Å². The lowest BCUT2D eigenvalue weighted by atomic mass is 9.98. The first-order valence-electron chi connectivity index (χ1n) is 14.4. The van der Waals surface area contributed by atoms with Crippen LogP contribution in [0.4, 0.5) is 0 Å². The van der Waals surface area contributed by atoms with Crippen molar-refractivity contribution in [3.8, 4) is 0 Å². The smallest absolute Gasteiger partial charge is 0.303 e. The summed E-state index contributed by atoms with van der Waals surface area (Å²) in [7, 11) is 0. The molecule has 0 radical (unpaired) electrons. The van der Waals surface area contributed by atoms with E-state index >= 15 is 0 Å². The highest BCUT2D eigenvalue weighted by molar-refractivity contribution is 7.90. The average Bonchev–Trinajstić information content (AvgIpc) is 3.59. The summed E-state index contributed by atoms with van der Waals surface area (Å²) in [5.74, 6) is -1.79. The van der Waals surface area contributed by atoms with Gasteiger partial charge in [0.05, 0.1) is 22.8 Å². The van der Waals surface area contributed by atoms with Gasteiger partial charge in [0.15, 0.2) is 0 Å². The number of carboxylic acid groups (broad SMARTS) is 2. The monoisotopic (exact) mass is 628 g/mol. The molecule has 0 amide bonds. The number of fused-ring (bicyclic) bond motifs is 8. The molecule has 3 aromatic heterocycles. The average molecular weight is 629 g/mol. The Kier molecular flexibility index (Phi) is 8.68. The van der Waals surface area contributed by atoms with Crippen molar-refractivity contribution in [2.45, 2.75) is 65.6 Å². The first kappa shape index (κ1) is 31.4. The topological polar surface area (TPSA) is 132 Å². The summed E-state index contributed by atoms with van der Waals surface area (Å²) >= 11 is 9.43. The predicted molar refractivity (Wildman–Crippen MR) is 185 cm³/mol. The Labute approximate surface area is 266 Å². The molecule has 0 aliphatic carbocycles. The summed E-state index contributed by atoms with van der Waals surface area (Å²) in [6.45, 7) is 14.1. The molecular weight excluding hydrogens is 593 g/mol. The van der Waals surface area contributed by atoms with Gasteiger partial charge in [0.1, 0.15) is 0 Å². The van der Waals surface area contributed by atoms with Gasteiger partial charge in [0.2, 0.25) is 0 Å². The van der Waals surface area contributed by atoms with Gasteiger partial charge < -0.3 is 20.2 Å². The number of hydrogen-bond acceptors (Lipinski definition) is 6. The van der Waals surface area contributed by atoms with Crippen molar-refractivity contribution in [1.82, 2.24) is 19.9 Å². The van der Waals surface area contributed by atoms with E-state index in [1.54, 1.807) is 0 Å². The number of carbonyl (C=O) groups is 2. The molecule has 0 saturated heterocycles. The lowest BCUT2D eigenvalue weighted by Gasteiger charge is -2.05. The Morgan fingerprint density at radius 3 is 1.73 bits per heavy atom. The van der Waals surface area contributed by atoms with E-state index in [2.05, 4.69) is 42.2 Å². The zero-order chi connectivity index (χ0) is 32.0. The third kappa shape index (κ3) is 5.88. The van der Waals surface area contributed by atoms with Crippen molar-refractivity contribution in [2.24, 2.45) is 0 Å². The molecular formula is C34H36N4O4S2. The highest BCUT2D eigenvalue weighted by Crippen LogP contribution is 2.39. The first-order chi connectivity index (χ1) is 20.8. The fourth-order valence-electron chi connectivity index (χ4n) is 6.13. The molecule has 5 rings (SSSR count). The Morgan fingerprint density at radius 2 is 1.25 bits per heavy atom. The number of carboxylic acids is 2. The second-order valence-electron chi connectivity index (χ2n) is 11.4. The number of aliphatic carboxylic acids is 2. The highest BCUT2D eigenvalue weighted by Gasteiger charge is 2.23. The minimum absolute atomic E-state index is 0.0438. The largest absolute Gasteiger partial charge is 0.481 e. The van der Waals surface area contributed by atoms with Gasteiger partial charge in [0, 0.05) is 50.6 Å². The first-order valence-corrected chi connectivity index (χ1v) is 15.4. The number of aromatic nitrogens is 4. The lowest BCUT2D eigenvalue weighted by Crippen LogP contribution is -1.97. The molecule has 0 spiro atoms. The van der Waals surface area contributed by atoms with Crippen LogP contribution in [0.3, 0.4) is 0 Å². The normalized spacial score (nSPS) is 13.9. The number of aryl methyl sites for hydroxylation is 2. The van der Waals surface area contributed by atoms with Crippen molar-refractivity contribution in [1.29, 1.82) is 0 Å². The van der Waals surface area contributed by atoms with Crippen LogP contribution >= 0.6 is 25.3 Å². The van der Waals surface area contributed by atoms with Crippen molar-refractivity contribution in [3.05, 3.63) is 75.9 Å². The summed E-state index contributed by atoms with van der Waals surface area (Å²) < 4.78 is 0. The van der Waals surface area contributed by atoms with Gasteiger partial charge in [-0.25, -0.2) is 9.97 Å². The second kappa shape index (κ2) is 12.2. The molecule has 4 N–H and O–H groups in total. The molecule has 44 heavy (non-hydrogen) atoms. The highest BCUT2D eigenvalue weighted by atomic mass is 32.1. The molecule has 0 saturated carbocycles. The Morgan fingerprint density at radius 1 is 0.773 bits per heavy atom. The van der Waals surface area contributed by atoms with Gasteiger partial charge in [-0.05, 0) is 111 Å². The Hall–Kier alpha value is -4.02. The zero-order valence-corrected chi connectivity index (χ0v) is 27.2. The third-order valence-electron chi connectivity index (χ3n) is 8.47. The number of aromatic amines is 2. The van der Waals surface area contributed by atoms with Crippen LogP contribution in [-0.2, 0) is 9.59 Å². The molecule has 228 valence electrons. The maximum Gasteiger partial charge on any atom is 0.303 e. The molecule has 2 aliphatic rings. The van der Waals surface area contributed by atoms with E-state index in [4.69, 9.17) is 22.6 Å². The van der Waals surface area contributed by atoms with Crippen LogP contribution in [0.1, 0.15) is 96.7 Å². The SMILES string of the molecule is C=C(S)c1c(C)c2cc3[nH]c(cc4nc(cc5nc(cc1[nH]2)C(C)=C5CCC(=O)O)C(CCC(=O)O)=C4C)c(C)c3[C@@H](C)S. The number of nitrogens with zero attached hydrogens (tertiary/aromatic N) is 2. The number of allylic oxidation sites excluding steroid dienone is 4. The summed E-state index contributed by atoms with van der Waals surface area (Å²) in [5.41, 5.74) is 13.5. The molecule has 0 unspecified atom stereocenters. The van der Waals surface area contributed by atoms with Gasteiger partial charge in [-0.2, -0.15) is 12.6 Å². The summed E-state index contributed by atoms with van der Waals surface area (Å²) in [6, 6.07) is 7.88. The summed E-state index contributed by atoms with van der Waals surface area (Å²) in [5, 5.41) is 18.9. The number of H-pyrrole nitrogens is 2. The zero-order valence-electron chi connectivity index (χ0n) is 25.4. The van der Waals surface area contributed by atoms with Crippen molar-refractivity contribution in [3.63, 3.8) is 0 Å². The van der Waals surface area contributed by atoms with E-state index in [0.29, 0.717) is 34.8 Å². The minimum atomic E-state index is -0.897. The lowest BCUT2D eigenvalue weighted by molar-refractivity contribution is -0.137. The van der Waals surface area contributed by atoms with E-state index in [0.717, 1.165) is 72.3 Å². The quantitative estimate of drug-likeness (QED) is 0.139. The van der Waals surface area contributed by atoms with Gasteiger partial charge in [0.25, 0.3) is 0 Å². The molecule has 8 bridgehead atoms. The van der Waals surface area contributed by atoms with E-state index < -0.39 is 11.9 Å². The molecule has 2 aliphatic heterocycles. The summed E-state index contributed by atoms with van der Waals surface area (Å²) in [4.78, 5) is 40.8. The van der Waals surface area contributed by atoms with E-state index in [-0.39, 0.29) is 18.1 Å². The maximum atomic E-state index is 11.6. The minimum Gasteiger partial charge on any atom is -0.481 e. The number of rotatable bonds is 8. The van der Waals surface area contributed by atoms with Crippen molar-refractivity contribution in [2.75, 3.05) is 0 Å². The number of nitrogens with one attached hydrogen (secondary N) is 2. The van der Waals surface area contributed by atoms with E-state index in [1.807, 2.05) is 45.9 Å². The van der Waals surface area contributed by atoms with Crippen LogP contribution in [0, 0.1) is 13.8 Å². The van der Waals surface area contributed by atoms with Gasteiger partial charge in [-0.3, -0.25) is 9.59 Å². The predicted octanol–water partition coefficient (Wildman–Crippen LogP) is 8.41. The maximum absolute atomic E-state index is 11.6. The van der Waals surface area contributed by atoms with Crippen LogP contribution in [0.5, 0.6) is 0 Å². The second-order valence-corrected chi connectivity index (χ2v) is 12.7. The van der Waals surface area contributed by atoms with Crippen LogP contribution in [0.25, 0.3) is 49.3 Å². The molecule has 5 heterocycles. The molecule has 0 aromatic carbocycles. The van der Waals surface area contributed by atoms with E-state index in [1.165, 1.54) is 0 Å². The number of thiol groups is 2. The van der Waals surface area contributed by atoms with Gasteiger partial charge in [-0.1, -0.05) is 6.58 Å². The third-order valence-corrected chi connectivity index (χ3v) is 8.95. The molecule has 1 atom stereocenters. The van der Waals surface area contributed by atoms with Crippen molar-refractivity contribution < 1.29 is 19.8 Å². The Bertz CT molecular complexity index is 1980. The molecule has 3 aromatic rings. The molecule has 8 nitrogen and oxygen atoms in total. The van der Waals surface area contributed by atoms with Crippen LogP contribution < -0.4 is 0 Å². The van der Waals surface area contributed by atoms with Crippen LogP contribution in [0.15, 0.2) is 30.8 Å². The van der Waals surface area contributed by atoms with Gasteiger partial charge >= 0.3 is 11.9 Å². The summed E-state index contributed by atoms with van der Waals surface area (Å²) in [6.07, 6.45) is 0.500. The van der Waals surface area contributed by atoms with E-state index in [9.17, 15) is 19.8 Å². The molecule has 10 heteroatoms. The fraction of sp³-hybridized carbons (Fsp3) is 0.294. The van der Waals surface area contributed by atoms with Crippen molar-refractivity contribution >= 4 is 86.5 Å². The Balaban J connectivity index is 1.96.